The number of rotatable bonds is 9. The van der Waals surface area contributed by atoms with Gasteiger partial charge in [0.1, 0.15) is 0 Å². The van der Waals surface area contributed by atoms with Gasteiger partial charge in [-0.3, -0.25) is 0 Å². The summed E-state index contributed by atoms with van der Waals surface area (Å²) in [5, 5.41) is 22.4. The van der Waals surface area contributed by atoms with E-state index in [1.54, 1.807) is 0 Å². The van der Waals surface area contributed by atoms with Crippen LogP contribution in [0.2, 0.25) is 0 Å². The smallest absolute Gasteiger partial charge is 0.0692 e. The van der Waals surface area contributed by atoms with E-state index in [-0.39, 0.29) is 18.1 Å². The van der Waals surface area contributed by atoms with E-state index in [1.165, 1.54) is 0 Å². The zero-order valence-corrected chi connectivity index (χ0v) is 11.3. The summed E-state index contributed by atoms with van der Waals surface area (Å²) in [4.78, 5) is 0. The number of hydrogen-bond donors (Lipinski definition) is 3. The molecule has 0 aliphatic heterocycles. The average molecular weight is 231 g/mol. The maximum atomic E-state index is 9.93. The first-order chi connectivity index (χ1) is 7.52. The molecule has 3 nitrogen and oxygen atoms in total. The monoisotopic (exact) mass is 231 g/mol. The second kappa shape index (κ2) is 8.04. The SMILES string of the molecule is CCC(CC)C(O)CNCC(C)(CC)CO. The fraction of sp³-hybridized carbons (Fsp3) is 1.00. The van der Waals surface area contributed by atoms with Crippen molar-refractivity contribution in [2.24, 2.45) is 11.3 Å². The molecule has 0 bridgehead atoms. The van der Waals surface area contributed by atoms with Crippen molar-refractivity contribution in [3.8, 4) is 0 Å². The highest BCUT2D eigenvalue weighted by Gasteiger charge is 2.21. The second-order valence-corrected chi connectivity index (χ2v) is 5.10. The van der Waals surface area contributed by atoms with Gasteiger partial charge >= 0.3 is 0 Å². The average Bonchev–Trinajstić information content (AvgIpc) is 2.30. The van der Waals surface area contributed by atoms with Gasteiger partial charge in [0.25, 0.3) is 0 Å². The van der Waals surface area contributed by atoms with Crippen LogP contribution in [0.25, 0.3) is 0 Å². The minimum atomic E-state index is -0.269. The largest absolute Gasteiger partial charge is 0.396 e. The fourth-order valence-corrected chi connectivity index (χ4v) is 1.81. The summed E-state index contributed by atoms with van der Waals surface area (Å²) in [6, 6.07) is 0. The molecule has 2 atom stereocenters. The quantitative estimate of drug-likeness (QED) is 0.567. The van der Waals surface area contributed by atoms with E-state index in [0.717, 1.165) is 25.8 Å². The van der Waals surface area contributed by atoms with Crippen LogP contribution in [0.4, 0.5) is 0 Å². The Labute approximate surface area is 100 Å². The zero-order chi connectivity index (χ0) is 12.6. The third-order valence-corrected chi connectivity index (χ3v) is 3.73. The first-order valence-corrected chi connectivity index (χ1v) is 6.52. The van der Waals surface area contributed by atoms with Crippen LogP contribution >= 0.6 is 0 Å². The molecule has 0 aromatic heterocycles. The maximum Gasteiger partial charge on any atom is 0.0692 e. The Bertz CT molecular complexity index is 165. The Hall–Kier alpha value is -0.120. The van der Waals surface area contributed by atoms with Gasteiger partial charge in [-0.05, 0) is 12.3 Å². The van der Waals surface area contributed by atoms with Crippen molar-refractivity contribution in [3.63, 3.8) is 0 Å². The van der Waals surface area contributed by atoms with Gasteiger partial charge in [0.15, 0.2) is 0 Å². The van der Waals surface area contributed by atoms with Crippen molar-refractivity contribution in [1.82, 2.24) is 5.32 Å². The lowest BCUT2D eigenvalue weighted by Crippen LogP contribution is -2.40. The summed E-state index contributed by atoms with van der Waals surface area (Å²) < 4.78 is 0. The lowest BCUT2D eigenvalue weighted by atomic mass is 9.88. The van der Waals surface area contributed by atoms with Crippen LogP contribution in [-0.4, -0.2) is 36.0 Å². The summed E-state index contributed by atoms with van der Waals surface area (Å²) in [6.45, 7) is 9.94. The molecule has 0 heterocycles. The van der Waals surface area contributed by atoms with Gasteiger partial charge in [-0.2, -0.15) is 0 Å². The normalized spacial score (nSPS) is 17.4. The molecule has 0 rings (SSSR count). The maximum absolute atomic E-state index is 9.93. The van der Waals surface area contributed by atoms with Crippen LogP contribution in [0.15, 0.2) is 0 Å². The minimum absolute atomic E-state index is 0.0619. The first kappa shape index (κ1) is 15.9. The van der Waals surface area contributed by atoms with E-state index >= 15 is 0 Å². The fourth-order valence-electron chi connectivity index (χ4n) is 1.81. The van der Waals surface area contributed by atoms with Gasteiger partial charge in [-0.1, -0.05) is 40.5 Å². The summed E-state index contributed by atoms with van der Waals surface area (Å²) in [6.07, 6.45) is 2.71. The van der Waals surface area contributed by atoms with Crippen molar-refractivity contribution >= 4 is 0 Å². The Morgan fingerprint density at radius 1 is 1.19 bits per heavy atom. The number of hydrogen-bond acceptors (Lipinski definition) is 3. The summed E-state index contributed by atoms with van der Waals surface area (Å²) in [5.41, 5.74) is -0.0619. The van der Waals surface area contributed by atoms with E-state index in [4.69, 9.17) is 0 Å². The molecule has 2 unspecified atom stereocenters. The van der Waals surface area contributed by atoms with Crippen molar-refractivity contribution in [3.05, 3.63) is 0 Å². The van der Waals surface area contributed by atoms with Crippen molar-refractivity contribution < 1.29 is 10.2 Å². The Kier molecular flexibility index (Phi) is 7.98. The summed E-state index contributed by atoms with van der Waals surface area (Å²) in [5.74, 6) is 0.384. The van der Waals surface area contributed by atoms with Crippen LogP contribution in [0.1, 0.15) is 47.0 Å². The Morgan fingerprint density at radius 2 is 1.75 bits per heavy atom. The van der Waals surface area contributed by atoms with Gasteiger partial charge in [0.05, 0.1) is 6.10 Å². The summed E-state index contributed by atoms with van der Waals surface area (Å²) >= 11 is 0. The van der Waals surface area contributed by atoms with Gasteiger partial charge in [0.2, 0.25) is 0 Å². The van der Waals surface area contributed by atoms with E-state index in [2.05, 4.69) is 33.0 Å². The molecule has 0 aromatic carbocycles. The van der Waals surface area contributed by atoms with E-state index < -0.39 is 0 Å². The zero-order valence-electron chi connectivity index (χ0n) is 11.3. The lowest BCUT2D eigenvalue weighted by Gasteiger charge is -2.28. The van der Waals surface area contributed by atoms with Gasteiger partial charge in [-0.25, -0.2) is 0 Å². The molecule has 3 heteroatoms. The molecular weight excluding hydrogens is 202 g/mol. The van der Waals surface area contributed by atoms with Crippen LogP contribution in [-0.2, 0) is 0 Å². The third-order valence-electron chi connectivity index (χ3n) is 3.73. The van der Waals surface area contributed by atoms with E-state index in [0.29, 0.717) is 12.5 Å². The molecule has 0 saturated carbocycles. The molecule has 0 saturated heterocycles. The Morgan fingerprint density at radius 3 is 2.12 bits per heavy atom. The number of aliphatic hydroxyl groups is 2. The van der Waals surface area contributed by atoms with Crippen LogP contribution < -0.4 is 5.32 Å². The molecule has 0 aromatic rings. The standard InChI is InChI=1S/C13H29NO2/c1-5-11(6-2)12(16)8-14-9-13(4,7-3)10-15/h11-12,14-16H,5-10H2,1-4H3. The molecule has 0 fully saturated rings. The van der Waals surface area contributed by atoms with Crippen molar-refractivity contribution in [2.75, 3.05) is 19.7 Å². The molecular formula is C13H29NO2. The molecule has 0 spiro atoms. The van der Waals surface area contributed by atoms with E-state index in [9.17, 15) is 10.2 Å². The van der Waals surface area contributed by atoms with Crippen LogP contribution in [0.5, 0.6) is 0 Å². The van der Waals surface area contributed by atoms with Crippen molar-refractivity contribution in [1.29, 1.82) is 0 Å². The highest BCUT2D eigenvalue weighted by atomic mass is 16.3. The topological polar surface area (TPSA) is 52.5 Å². The van der Waals surface area contributed by atoms with Gasteiger partial charge in [-0.15, -0.1) is 0 Å². The molecule has 16 heavy (non-hydrogen) atoms. The number of aliphatic hydroxyl groups excluding tert-OH is 2. The highest BCUT2D eigenvalue weighted by molar-refractivity contribution is 4.76. The third kappa shape index (κ3) is 5.28. The van der Waals surface area contributed by atoms with Gasteiger partial charge < -0.3 is 15.5 Å². The minimum Gasteiger partial charge on any atom is -0.396 e. The highest BCUT2D eigenvalue weighted by Crippen LogP contribution is 2.18. The Balaban J connectivity index is 3.88. The molecule has 98 valence electrons. The molecule has 0 aliphatic carbocycles. The van der Waals surface area contributed by atoms with Crippen LogP contribution in [0, 0.1) is 11.3 Å². The predicted molar refractivity (Wildman–Crippen MR) is 68.4 cm³/mol. The molecule has 0 aliphatic rings. The molecule has 0 amide bonds. The van der Waals surface area contributed by atoms with Gasteiger partial charge in [0, 0.05) is 25.1 Å². The lowest BCUT2D eigenvalue weighted by molar-refractivity contribution is 0.0888. The van der Waals surface area contributed by atoms with Crippen molar-refractivity contribution in [2.45, 2.75) is 53.1 Å². The number of nitrogens with one attached hydrogen (secondary N) is 1. The second-order valence-electron chi connectivity index (χ2n) is 5.10. The molecule has 3 N–H and O–H groups in total. The summed E-state index contributed by atoms with van der Waals surface area (Å²) in [7, 11) is 0. The van der Waals surface area contributed by atoms with E-state index in [1.807, 2.05) is 0 Å². The predicted octanol–water partition coefficient (Wildman–Crippen LogP) is 1.78. The molecule has 0 radical (unpaired) electrons. The van der Waals surface area contributed by atoms with Crippen LogP contribution in [0.3, 0.4) is 0 Å². The first-order valence-electron chi connectivity index (χ1n) is 6.52.